The summed E-state index contributed by atoms with van der Waals surface area (Å²) < 4.78 is 1.84. The van der Waals surface area contributed by atoms with Crippen molar-refractivity contribution in [1.29, 1.82) is 0 Å². The molecule has 25 heavy (non-hydrogen) atoms. The van der Waals surface area contributed by atoms with Crippen molar-refractivity contribution >= 4 is 17.5 Å². The number of aromatic nitrogens is 2. The lowest BCUT2D eigenvalue weighted by atomic mass is 10.0. The van der Waals surface area contributed by atoms with Gasteiger partial charge < -0.3 is 10.2 Å². The summed E-state index contributed by atoms with van der Waals surface area (Å²) in [5.41, 5.74) is 2.51. The van der Waals surface area contributed by atoms with Crippen LogP contribution in [0.25, 0.3) is 5.69 Å². The highest BCUT2D eigenvalue weighted by atomic mass is 35.5. The lowest BCUT2D eigenvalue weighted by Crippen LogP contribution is -2.31. The van der Waals surface area contributed by atoms with Crippen LogP contribution >= 0.6 is 11.6 Å². The van der Waals surface area contributed by atoms with Crippen LogP contribution in [-0.4, -0.2) is 47.3 Å². The second-order valence-electron chi connectivity index (χ2n) is 6.95. The average Bonchev–Trinajstić information content (AvgIpc) is 3.21. The molecule has 134 valence electrons. The lowest BCUT2D eigenvalue weighted by molar-refractivity contribution is 0.0785. The summed E-state index contributed by atoms with van der Waals surface area (Å²) in [4.78, 5) is 15.0. The summed E-state index contributed by atoms with van der Waals surface area (Å²) in [6, 6.07) is 7.56. The molecule has 2 aromatic rings. The molecule has 1 N–H and O–H groups in total. The molecule has 6 heteroatoms. The number of halogens is 1. The van der Waals surface area contributed by atoms with E-state index in [1.165, 1.54) is 0 Å². The summed E-state index contributed by atoms with van der Waals surface area (Å²) in [5, 5.41) is 8.35. The molecule has 1 aliphatic rings. The van der Waals surface area contributed by atoms with E-state index in [2.05, 4.69) is 24.3 Å². The van der Waals surface area contributed by atoms with Gasteiger partial charge in [-0.3, -0.25) is 4.79 Å². The van der Waals surface area contributed by atoms with E-state index in [-0.39, 0.29) is 11.8 Å². The van der Waals surface area contributed by atoms with E-state index in [1.807, 2.05) is 40.9 Å². The molecule has 5 nitrogen and oxygen atoms in total. The molecule has 1 amide bonds. The fourth-order valence-electron chi connectivity index (χ4n) is 3.53. The number of hydrogen-bond acceptors (Lipinski definition) is 3. The van der Waals surface area contributed by atoms with Crippen LogP contribution in [-0.2, 0) is 0 Å². The molecule has 3 rings (SSSR count). The Balaban J connectivity index is 1.91. The minimum Gasteiger partial charge on any atom is -0.338 e. The van der Waals surface area contributed by atoms with Gasteiger partial charge in [-0.25, -0.2) is 4.68 Å². The van der Waals surface area contributed by atoms with Crippen LogP contribution in [0.4, 0.5) is 0 Å². The molecular formula is C19H25ClN4O. The number of carbonyl (C=O) groups excluding carboxylic acids is 1. The molecule has 1 atom stereocenters. The number of hydrogen-bond donors (Lipinski definition) is 1. The van der Waals surface area contributed by atoms with Crippen molar-refractivity contribution in [3.05, 3.63) is 46.7 Å². The Morgan fingerprint density at radius 1 is 1.44 bits per heavy atom. The number of benzene rings is 1. The van der Waals surface area contributed by atoms with Crippen LogP contribution < -0.4 is 5.32 Å². The third kappa shape index (κ3) is 3.72. The number of nitrogens with zero attached hydrogens (tertiary/aromatic N) is 3. The van der Waals surface area contributed by atoms with Crippen molar-refractivity contribution in [2.45, 2.75) is 26.2 Å². The van der Waals surface area contributed by atoms with Crippen LogP contribution in [0.1, 0.15) is 42.2 Å². The molecule has 2 heterocycles. The summed E-state index contributed by atoms with van der Waals surface area (Å²) in [6.07, 6.45) is 2.75. The summed E-state index contributed by atoms with van der Waals surface area (Å²) >= 11 is 6.12. The third-order valence-electron chi connectivity index (χ3n) is 4.70. The Kier molecular flexibility index (Phi) is 5.45. The first-order valence-electron chi connectivity index (χ1n) is 8.79. The van der Waals surface area contributed by atoms with E-state index in [0.717, 1.165) is 37.4 Å². The fraction of sp³-hybridized carbons (Fsp3) is 0.474. The zero-order chi connectivity index (χ0) is 18.0. The first-order chi connectivity index (χ1) is 12.0. The van der Waals surface area contributed by atoms with Gasteiger partial charge in [0, 0.05) is 18.1 Å². The molecule has 0 bridgehead atoms. The predicted octanol–water partition coefficient (Wildman–Crippen LogP) is 3.33. The Bertz CT molecular complexity index is 756. The molecule has 1 aliphatic heterocycles. The number of amides is 1. The Morgan fingerprint density at radius 3 is 2.92 bits per heavy atom. The standard InChI is InChI=1S/C19H25ClN4O/c1-13(2)18-17(19(25)23-8-7-14(12-23)10-21-3)11-22-24(18)16-6-4-5-15(20)9-16/h4-6,9,11,13-14,21H,7-8,10,12H2,1-3H3. The molecule has 0 spiro atoms. The molecular weight excluding hydrogens is 336 g/mol. The number of carbonyl (C=O) groups is 1. The first-order valence-corrected chi connectivity index (χ1v) is 9.16. The highest BCUT2D eigenvalue weighted by molar-refractivity contribution is 6.30. The van der Waals surface area contributed by atoms with Crippen molar-refractivity contribution in [3.8, 4) is 5.69 Å². The minimum absolute atomic E-state index is 0.0792. The number of nitrogens with one attached hydrogen (secondary N) is 1. The molecule has 1 fully saturated rings. The smallest absolute Gasteiger partial charge is 0.257 e. The average molecular weight is 361 g/mol. The molecule has 1 aromatic heterocycles. The summed E-state index contributed by atoms with van der Waals surface area (Å²) in [6.45, 7) is 6.73. The van der Waals surface area contributed by atoms with Gasteiger partial charge in [0.15, 0.2) is 0 Å². The van der Waals surface area contributed by atoms with Gasteiger partial charge in [-0.05, 0) is 50.0 Å². The van der Waals surface area contributed by atoms with E-state index in [1.54, 1.807) is 6.20 Å². The van der Waals surface area contributed by atoms with Gasteiger partial charge >= 0.3 is 0 Å². The molecule has 0 radical (unpaired) electrons. The van der Waals surface area contributed by atoms with Crippen LogP contribution in [0.3, 0.4) is 0 Å². The van der Waals surface area contributed by atoms with Gasteiger partial charge in [-0.1, -0.05) is 31.5 Å². The summed E-state index contributed by atoms with van der Waals surface area (Å²) in [5.74, 6) is 0.783. The van der Waals surface area contributed by atoms with Crippen LogP contribution in [0.2, 0.25) is 5.02 Å². The maximum absolute atomic E-state index is 13.1. The number of rotatable bonds is 5. The van der Waals surface area contributed by atoms with Crippen molar-refractivity contribution in [2.75, 3.05) is 26.7 Å². The predicted molar refractivity (Wildman–Crippen MR) is 101 cm³/mol. The van der Waals surface area contributed by atoms with Crippen LogP contribution in [0, 0.1) is 5.92 Å². The topological polar surface area (TPSA) is 50.2 Å². The van der Waals surface area contributed by atoms with E-state index in [0.29, 0.717) is 16.5 Å². The zero-order valence-electron chi connectivity index (χ0n) is 15.0. The second-order valence-corrected chi connectivity index (χ2v) is 7.39. The van der Waals surface area contributed by atoms with Crippen molar-refractivity contribution in [3.63, 3.8) is 0 Å². The summed E-state index contributed by atoms with van der Waals surface area (Å²) in [7, 11) is 1.95. The Labute approximate surface area is 154 Å². The van der Waals surface area contributed by atoms with Crippen molar-refractivity contribution in [2.24, 2.45) is 5.92 Å². The van der Waals surface area contributed by atoms with Gasteiger partial charge in [-0.2, -0.15) is 5.10 Å². The van der Waals surface area contributed by atoms with Gasteiger partial charge in [0.1, 0.15) is 0 Å². The van der Waals surface area contributed by atoms with Gasteiger partial charge in [0.25, 0.3) is 5.91 Å². The Hall–Kier alpha value is -1.85. The monoisotopic (exact) mass is 360 g/mol. The highest BCUT2D eigenvalue weighted by Crippen LogP contribution is 2.27. The van der Waals surface area contributed by atoms with Crippen molar-refractivity contribution < 1.29 is 4.79 Å². The second kappa shape index (κ2) is 7.58. The van der Waals surface area contributed by atoms with E-state index in [4.69, 9.17) is 11.6 Å². The van der Waals surface area contributed by atoms with Gasteiger partial charge in [0.05, 0.1) is 23.1 Å². The quantitative estimate of drug-likeness (QED) is 0.889. The molecule has 1 saturated heterocycles. The number of likely N-dealkylation sites (tertiary alicyclic amines) is 1. The van der Waals surface area contributed by atoms with E-state index < -0.39 is 0 Å². The maximum atomic E-state index is 13.1. The molecule has 0 aliphatic carbocycles. The normalized spacial score (nSPS) is 17.5. The third-order valence-corrected chi connectivity index (χ3v) is 4.94. The molecule has 1 aromatic carbocycles. The Morgan fingerprint density at radius 2 is 2.24 bits per heavy atom. The maximum Gasteiger partial charge on any atom is 0.257 e. The van der Waals surface area contributed by atoms with Crippen LogP contribution in [0.5, 0.6) is 0 Å². The van der Waals surface area contributed by atoms with Gasteiger partial charge in [-0.15, -0.1) is 0 Å². The first kappa shape index (κ1) is 18.0. The van der Waals surface area contributed by atoms with Crippen LogP contribution in [0.15, 0.2) is 30.5 Å². The molecule has 1 unspecified atom stereocenters. The van der Waals surface area contributed by atoms with E-state index >= 15 is 0 Å². The fourth-order valence-corrected chi connectivity index (χ4v) is 3.72. The van der Waals surface area contributed by atoms with E-state index in [9.17, 15) is 4.79 Å². The van der Waals surface area contributed by atoms with Gasteiger partial charge in [0.2, 0.25) is 0 Å². The zero-order valence-corrected chi connectivity index (χ0v) is 15.8. The SMILES string of the molecule is CNCC1CCN(C(=O)c2cnn(-c3cccc(Cl)c3)c2C(C)C)C1. The van der Waals surface area contributed by atoms with Crippen molar-refractivity contribution in [1.82, 2.24) is 20.0 Å². The highest BCUT2D eigenvalue weighted by Gasteiger charge is 2.30. The largest absolute Gasteiger partial charge is 0.338 e. The lowest BCUT2D eigenvalue weighted by Gasteiger charge is -2.18. The minimum atomic E-state index is 0.0792. The molecule has 0 saturated carbocycles.